The Labute approximate surface area is 143 Å². The first-order chi connectivity index (χ1) is 10.5. The maximum atomic E-state index is 12.0. The van der Waals surface area contributed by atoms with E-state index in [1.165, 1.54) is 24.9 Å². The van der Waals surface area contributed by atoms with E-state index < -0.39 is 0 Å². The molecule has 2 N–H and O–H groups in total. The van der Waals surface area contributed by atoms with Crippen LogP contribution in [0.4, 0.5) is 5.69 Å². The highest BCUT2D eigenvalue weighted by Crippen LogP contribution is 2.27. The Hall–Kier alpha value is -1.79. The number of halogens is 1. The van der Waals surface area contributed by atoms with Crippen LogP contribution in [0.15, 0.2) is 18.2 Å². The fourth-order valence-corrected chi connectivity index (χ4v) is 2.10. The largest absolute Gasteiger partial charge is 0.495 e. The van der Waals surface area contributed by atoms with Crippen LogP contribution in [-0.2, 0) is 4.79 Å². The van der Waals surface area contributed by atoms with Crippen LogP contribution in [0.1, 0.15) is 23.2 Å². The zero-order valence-corrected chi connectivity index (χ0v) is 14.5. The molecule has 2 rings (SSSR count). The van der Waals surface area contributed by atoms with Gasteiger partial charge in [-0.1, -0.05) is 0 Å². The molecule has 0 spiro atoms. The molecule has 1 aromatic carbocycles. The average Bonchev–Trinajstić information content (AvgIpc) is 3.30. The predicted molar refractivity (Wildman–Crippen MR) is 92.5 cm³/mol. The van der Waals surface area contributed by atoms with Crippen molar-refractivity contribution in [1.29, 1.82) is 0 Å². The molecule has 6 nitrogen and oxygen atoms in total. The SMILES string of the molecule is COc1ccc(C(=O)N(C)C)cc1NC(=O)CNCC1CC1.Cl. The second-order valence-corrected chi connectivity index (χ2v) is 5.74. The topological polar surface area (TPSA) is 70.7 Å². The lowest BCUT2D eigenvalue weighted by Crippen LogP contribution is -2.29. The maximum Gasteiger partial charge on any atom is 0.253 e. The van der Waals surface area contributed by atoms with E-state index in [1.807, 2.05) is 0 Å². The molecule has 2 amide bonds. The molecule has 23 heavy (non-hydrogen) atoms. The monoisotopic (exact) mass is 341 g/mol. The number of amides is 2. The van der Waals surface area contributed by atoms with Gasteiger partial charge < -0.3 is 20.3 Å². The normalized spacial score (nSPS) is 13.0. The summed E-state index contributed by atoms with van der Waals surface area (Å²) in [5.74, 6) is 0.993. The average molecular weight is 342 g/mol. The van der Waals surface area contributed by atoms with Gasteiger partial charge in [-0.25, -0.2) is 0 Å². The van der Waals surface area contributed by atoms with Gasteiger partial charge in [-0.3, -0.25) is 9.59 Å². The van der Waals surface area contributed by atoms with E-state index >= 15 is 0 Å². The second-order valence-electron chi connectivity index (χ2n) is 5.74. The van der Waals surface area contributed by atoms with Crippen LogP contribution in [0.3, 0.4) is 0 Å². The highest BCUT2D eigenvalue weighted by molar-refractivity contribution is 5.98. The first-order valence-electron chi connectivity index (χ1n) is 7.41. The molecule has 0 unspecified atom stereocenters. The van der Waals surface area contributed by atoms with Crippen LogP contribution in [0.25, 0.3) is 0 Å². The Bertz CT molecular complexity index is 560. The predicted octanol–water partition coefficient (Wildman–Crippen LogP) is 1.76. The minimum Gasteiger partial charge on any atom is -0.495 e. The molecule has 0 radical (unpaired) electrons. The van der Waals surface area contributed by atoms with E-state index in [4.69, 9.17) is 4.74 Å². The molecular formula is C16H24ClN3O3. The van der Waals surface area contributed by atoms with Crippen molar-refractivity contribution in [3.8, 4) is 5.75 Å². The summed E-state index contributed by atoms with van der Waals surface area (Å²) in [4.78, 5) is 25.5. The summed E-state index contributed by atoms with van der Waals surface area (Å²) in [7, 11) is 4.91. The van der Waals surface area contributed by atoms with Crippen molar-refractivity contribution in [3.63, 3.8) is 0 Å². The molecule has 1 saturated carbocycles. The number of rotatable bonds is 7. The lowest BCUT2D eigenvalue weighted by Gasteiger charge is -2.14. The van der Waals surface area contributed by atoms with Gasteiger partial charge in [0.2, 0.25) is 5.91 Å². The zero-order valence-electron chi connectivity index (χ0n) is 13.7. The fourth-order valence-electron chi connectivity index (χ4n) is 2.10. The highest BCUT2D eigenvalue weighted by atomic mass is 35.5. The Morgan fingerprint density at radius 2 is 2.00 bits per heavy atom. The number of hydrogen-bond acceptors (Lipinski definition) is 4. The Morgan fingerprint density at radius 1 is 1.30 bits per heavy atom. The summed E-state index contributed by atoms with van der Waals surface area (Å²) in [5, 5.41) is 5.93. The van der Waals surface area contributed by atoms with Crippen LogP contribution in [-0.4, -0.2) is 51.0 Å². The van der Waals surface area contributed by atoms with Crippen molar-refractivity contribution in [2.75, 3.05) is 39.6 Å². The van der Waals surface area contributed by atoms with Gasteiger partial charge in [-0.05, 0) is 43.5 Å². The smallest absolute Gasteiger partial charge is 0.253 e. The summed E-state index contributed by atoms with van der Waals surface area (Å²) in [5.41, 5.74) is 1.01. The molecule has 1 fully saturated rings. The lowest BCUT2D eigenvalue weighted by atomic mass is 10.1. The molecule has 0 aliphatic heterocycles. The number of ether oxygens (including phenoxy) is 1. The summed E-state index contributed by atoms with van der Waals surface area (Å²) in [6, 6.07) is 5.01. The van der Waals surface area contributed by atoms with E-state index in [0.29, 0.717) is 17.0 Å². The third kappa shape index (κ3) is 5.73. The van der Waals surface area contributed by atoms with Gasteiger partial charge >= 0.3 is 0 Å². The van der Waals surface area contributed by atoms with E-state index in [0.717, 1.165) is 12.5 Å². The third-order valence-electron chi connectivity index (χ3n) is 3.54. The number of carbonyl (C=O) groups excluding carboxylic acids is 2. The van der Waals surface area contributed by atoms with Gasteiger partial charge in [0.1, 0.15) is 5.75 Å². The van der Waals surface area contributed by atoms with Crippen LogP contribution >= 0.6 is 12.4 Å². The van der Waals surface area contributed by atoms with Crippen LogP contribution in [0.5, 0.6) is 5.75 Å². The Kier molecular flexibility index (Phi) is 7.32. The van der Waals surface area contributed by atoms with E-state index in [1.54, 1.807) is 32.3 Å². The maximum absolute atomic E-state index is 12.0. The molecular weight excluding hydrogens is 318 g/mol. The third-order valence-corrected chi connectivity index (χ3v) is 3.54. The molecule has 128 valence electrons. The molecule has 0 bridgehead atoms. The minimum absolute atomic E-state index is 0. The zero-order chi connectivity index (χ0) is 16.1. The lowest BCUT2D eigenvalue weighted by molar-refractivity contribution is -0.115. The summed E-state index contributed by atoms with van der Waals surface area (Å²) in [6.07, 6.45) is 2.49. The standard InChI is InChI=1S/C16H23N3O3.ClH/c1-19(2)16(21)12-6-7-14(22-3)13(8-12)18-15(20)10-17-9-11-4-5-11;/h6-8,11,17H,4-5,9-10H2,1-3H3,(H,18,20);1H. The van der Waals surface area contributed by atoms with Gasteiger partial charge in [0.15, 0.2) is 0 Å². The van der Waals surface area contributed by atoms with Crippen molar-refractivity contribution in [2.45, 2.75) is 12.8 Å². The highest BCUT2D eigenvalue weighted by Gasteiger charge is 2.20. The molecule has 1 aliphatic carbocycles. The molecule has 1 aliphatic rings. The first-order valence-corrected chi connectivity index (χ1v) is 7.41. The number of hydrogen-bond donors (Lipinski definition) is 2. The molecule has 7 heteroatoms. The van der Waals surface area contributed by atoms with Crippen LogP contribution < -0.4 is 15.4 Å². The summed E-state index contributed by atoms with van der Waals surface area (Å²) < 4.78 is 5.23. The molecule has 0 aromatic heterocycles. The number of benzene rings is 1. The quantitative estimate of drug-likeness (QED) is 0.792. The van der Waals surface area contributed by atoms with Crippen molar-refractivity contribution in [3.05, 3.63) is 23.8 Å². The van der Waals surface area contributed by atoms with Crippen LogP contribution in [0, 0.1) is 5.92 Å². The number of anilines is 1. The molecule has 0 saturated heterocycles. The van der Waals surface area contributed by atoms with E-state index in [9.17, 15) is 9.59 Å². The van der Waals surface area contributed by atoms with Crippen molar-refractivity contribution in [1.82, 2.24) is 10.2 Å². The first kappa shape index (κ1) is 19.3. The van der Waals surface area contributed by atoms with E-state index in [2.05, 4.69) is 10.6 Å². The summed E-state index contributed by atoms with van der Waals surface area (Å²) in [6.45, 7) is 1.13. The van der Waals surface area contributed by atoms with Gasteiger partial charge in [-0.2, -0.15) is 0 Å². The summed E-state index contributed by atoms with van der Waals surface area (Å²) >= 11 is 0. The number of nitrogens with one attached hydrogen (secondary N) is 2. The number of carbonyl (C=O) groups is 2. The Morgan fingerprint density at radius 3 is 2.57 bits per heavy atom. The van der Waals surface area contributed by atoms with Crippen molar-refractivity contribution < 1.29 is 14.3 Å². The number of methoxy groups -OCH3 is 1. The second kappa shape index (κ2) is 8.74. The fraction of sp³-hybridized carbons (Fsp3) is 0.500. The van der Waals surface area contributed by atoms with Gasteiger partial charge in [0.05, 0.1) is 19.3 Å². The van der Waals surface area contributed by atoms with Gasteiger partial charge in [0, 0.05) is 19.7 Å². The van der Waals surface area contributed by atoms with Crippen molar-refractivity contribution >= 4 is 29.9 Å². The van der Waals surface area contributed by atoms with Crippen LogP contribution in [0.2, 0.25) is 0 Å². The Balaban J connectivity index is 0.00000264. The molecule has 1 aromatic rings. The minimum atomic E-state index is -0.145. The molecule has 0 atom stereocenters. The van der Waals surface area contributed by atoms with Crippen molar-refractivity contribution in [2.24, 2.45) is 5.92 Å². The molecule has 0 heterocycles. The number of nitrogens with zero attached hydrogens (tertiary/aromatic N) is 1. The van der Waals surface area contributed by atoms with E-state index in [-0.39, 0.29) is 30.8 Å². The van der Waals surface area contributed by atoms with Gasteiger partial charge in [0.25, 0.3) is 5.91 Å². The van der Waals surface area contributed by atoms with Gasteiger partial charge in [-0.15, -0.1) is 12.4 Å².